The van der Waals surface area contributed by atoms with Crippen LogP contribution in [-0.2, 0) is 21.5 Å². The number of ether oxygens (including phenoxy) is 1. The van der Waals surface area contributed by atoms with Gasteiger partial charge in [-0.2, -0.15) is 0 Å². The van der Waals surface area contributed by atoms with E-state index in [1.54, 1.807) is 14.0 Å². The minimum Gasteiger partial charge on any atom is -0.497 e. The van der Waals surface area contributed by atoms with Gasteiger partial charge in [-0.05, 0) is 71.6 Å². The Morgan fingerprint density at radius 1 is 0.972 bits per heavy atom. The molecule has 1 unspecified atom stereocenters. The van der Waals surface area contributed by atoms with E-state index in [4.69, 9.17) is 16.3 Å². The van der Waals surface area contributed by atoms with Crippen molar-refractivity contribution in [3.63, 3.8) is 0 Å². The number of methoxy groups -OCH3 is 1. The molecule has 2 aromatic carbocycles. The fourth-order valence-electron chi connectivity index (χ4n) is 6.42. The van der Waals surface area contributed by atoms with Crippen LogP contribution in [0.2, 0.25) is 5.02 Å². The third kappa shape index (κ3) is 5.12. The number of nitrogens with zero attached hydrogens (tertiary/aromatic N) is 3. The van der Waals surface area contributed by atoms with Crippen LogP contribution in [-0.4, -0.2) is 72.9 Å². The van der Waals surface area contributed by atoms with Gasteiger partial charge in [0, 0.05) is 64.2 Å². The highest BCUT2D eigenvalue weighted by Gasteiger charge is 2.46. The van der Waals surface area contributed by atoms with Gasteiger partial charge in [0.2, 0.25) is 11.8 Å². The smallest absolute Gasteiger partial charge is 0.223 e. The van der Waals surface area contributed by atoms with Crippen molar-refractivity contribution in [2.75, 3.05) is 46.4 Å². The van der Waals surface area contributed by atoms with E-state index in [0.717, 1.165) is 75.8 Å². The van der Waals surface area contributed by atoms with Gasteiger partial charge in [-0.15, -0.1) is 0 Å². The Morgan fingerprint density at radius 3 is 2.31 bits per heavy atom. The topological polar surface area (TPSA) is 53.1 Å². The van der Waals surface area contributed by atoms with Crippen molar-refractivity contribution in [3.05, 3.63) is 64.2 Å². The Bertz CT molecular complexity index is 1100. The Balaban J connectivity index is 1.23. The fraction of sp³-hybridized carbons (Fsp3) is 0.517. The summed E-state index contributed by atoms with van der Waals surface area (Å²) in [6.45, 7) is 7.41. The van der Waals surface area contributed by atoms with Crippen LogP contribution < -0.4 is 4.74 Å². The van der Waals surface area contributed by atoms with E-state index in [1.165, 1.54) is 16.7 Å². The zero-order chi connectivity index (χ0) is 25.3. The molecule has 2 fully saturated rings. The summed E-state index contributed by atoms with van der Waals surface area (Å²) >= 11 is 6.01. The minimum atomic E-state index is 0.0258. The van der Waals surface area contributed by atoms with E-state index in [0.29, 0.717) is 6.42 Å². The van der Waals surface area contributed by atoms with Crippen LogP contribution in [0, 0.1) is 0 Å². The predicted molar refractivity (Wildman–Crippen MR) is 141 cm³/mol. The average molecular weight is 510 g/mol. The largest absolute Gasteiger partial charge is 0.497 e. The second-order valence-electron chi connectivity index (χ2n) is 10.6. The summed E-state index contributed by atoms with van der Waals surface area (Å²) in [7, 11) is 1.70. The molecule has 0 bridgehead atoms. The Kier molecular flexibility index (Phi) is 7.27. The number of hydrogen-bond acceptors (Lipinski definition) is 4. The summed E-state index contributed by atoms with van der Waals surface area (Å²) < 4.78 is 5.55. The van der Waals surface area contributed by atoms with Crippen molar-refractivity contribution in [2.45, 2.75) is 50.5 Å². The van der Waals surface area contributed by atoms with Crippen LogP contribution in [0.4, 0.5) is 0 Å². The monoisotopic (exact) mass is 509 g/mol. The maximum absolute atomic E-state index is 13.4. The molecule has 2 aliphatic heterocycles. The molecule has 2 heterocycles. The lowest BCUT2D eigenvalue weighted by Gasteiger charge is -2.40. The molecule has 0 N–H and O–H groups in total. The standard InChI is InChI=1S/C29H36ClN3O3/c1-21(34)32-11-9-29(10-12-32)19-23(26-8-7-25(36-2)18-27(26)29)17-28(35)33-15-13-31(14-16-33)20-22-3-5-24(30)6-4-22/h3-8,18,23H,9-17,19-20H2,1-2H3. The lowest BCUT2D eigenvalue weighted by molar-refractivity contribution is -0.133. The third-order valence-corrected chi connectivity index (χ3v) is 8.79. The highest BCUT2D eigenvalue weighted by Crippen LogP contribution is 2.53. The van der Waals surface area contributed by atoms with Gasteiger partial charge >= 0.3 is 0 Å². The van der Waals surface area contributed by atoms with Crippen LogP contribution in [0.25, 0.3) is 0 Å². The minimum absolute atomic E-state index is 0.0258. The summed E-state index contributed by atoms with van der Waals surface area (Å²) in [5.74, 6) is 1.49. The second kappa shape index (κ2) is 10.4. The number of amides is 2. The molecule has 1 spiro atoms. The molecule has 2 aromatic rings. The first-order valence-electron chi connectivity index (χ1n) is 13.1. The van der Waals surface area contributed by atoms with Crippen molar-refractivity contribution >= 4 is 23.4 Å². The van der Waals surface area contributed by atoms with Gasteiger partial charge in [-0.3, -0.25) is 14.5 Å². The van der Waals surface area contributed by atoms with Gasteiger partial charge in [0.15, 0.2) is 0 Å². The molecule has 1 aliphatic carbocycles. The molecule has 7 heteroatoms. The molecular formula is C29H36ClN3O3. The number of fused-ring (bicyclic) bond motifs is 2. The number of halogens is 1. The molecule has 6 nitrogen and oxygen atoms in total. The van der Waals surface area contributed by atoms with E-state index in [-0.39, 0.29) is 23.1 Å². The van der Waals surface area contributed by atoms with Crippen LogP contribution >= 0.6 is 11.6 Å². The second-order valence-corrected chi connectivity index (χ2v) is 11.1. The number of rotatable bonds is 5. The summed E-state index contributed by atoms with van der Waals surface area (Å²) in [6.07, 6.45) is 3.42. The maximum atomic E-state index is 13.4. The summed E-state index contributed by atoms with van der Waals surface area (Å²) in [4.78, 5) is 31.7. The number of carbonyl (C=O) groups is 2. The van der Waals surface area contributed by atoms with E-state index in [9.17, 15) is 9.59 Å². The molecule has 192 valence electrons. The summed E-state index contributed by atoms with van der Waals surface area (Å²) in [6, 6.07) is 14.4. The Labute approximate surface area is 219 Å². The predicted octanol–water partition coefficient (Wildman–Crippen LogP) is 4.45. The van der Waals surface area contributed by atoms with E-state index < -0.39 is 0 Å². The van der Waals surface area contributed by atoms with Gasteiger partial charge in [-0.1, -0.05) is 29.8 Å². The number of piperazine rings is 1. The first kappa shape index (κ1) is 25.1. The molecule has 0 aromatic heterocycles. The molecule has 0 radical (unpaired) electrons. The van der Waals surface area contributed by atoms with Crippen molar-refractivity contribution in [3.8, 4) is 5.75 Å². The average Bonchev–Trinajstić information content (AvgIpc) is 3.17. The molecule has 5 rings (SSSR count). The van der Waals surface area contributed by atoms with Gasteiger partial charge in [0.25, 0.3) is 0 Å². The third-order valence-electron chi connectivity index (χ3n) is 8.54. The molecule has 2 amide bonds. The van der Waals surface area contributed by atoms with Crippen molar-refractivity contribution < 1.29 is 14.3 Å². The normalized spacial score (nSPS) is 21.5. The fourth-order valence-corrected chi connectivity index (χ4v) is 6.54. The van der Waals surface area contributed by atoms with Crippen molar-refractivity contribution in [1.29, 1.82) is 0 Å². The first-order chi connectivity index (χ1) is 17.4. The van der Waals surface area contributed by atoms with Crippen molar-refractivity contribution in [2.24, 2.45) is 0 Å². The van der Waals surface area contributed by atoms with E-state index in [2.05, 4.69) is 29.2 Å². The van der Waals surface area contributed by atoms with E-state index >= 15 is 0 Å². The zero-order valence-corrected chi connectivity index (χ0v) is 22.1. The SMILES string of the molecule is COc1ccc2c(c1)C1(CCN(C(C)=O)CC1)CC2CC(=O)N1CCN(Cc2ccc(Cl)cc2)CC1. The van der Waals surface area contributed by atoms with Gasteiger partial charge in [0.1, 0.15) is 5.75 Å². The van der Waals surface area contributed by atoms with Gasteiger partial charge in [-0.25, -0.2) is 0 Å². The van der Waals surface area contributed by atoms with Crippen LogP contribution in [0.15, 0.2) is 42.5 Å². The number of piperidine rings is 1. The molecular weight excluding hydrogens is 474 g/mol. The Hall–Kier alpha value is -2.57. The maximum Gasteiger partial charge on any atom is 0.223 e. The van der Waals surface area contributed by atoms with Crippen LogP contribution in [0.1, 0.15) is 55.2 Å². The number of likely N-dealkylation sites (tertiary alicyclic amines) is 1. The van der Waals surface area contributed by atoms with Gasteiger partial charge in [0.05, 0.1) is 7.11 Å². The number of hydrogen-bond donors (Lipinski definition) is 0. The van der Waals surface area contributed by atoms with Crippen LogP contribution in [0.5, 0.6) is 5.75 Å². The lowest BCUT2D eigenvalue weighted by Crippen LogP contribution is -2.48. The van der Waals surface area contributed by atoms with Gasteiger partial charge < -0.3 is 14.5 Å². The molecule has 3 aliphatic rings. The van der Waals surface area contributed by atoms with Crippen LogP contribution in [0.3, 0.4) is 0 Å². The highest BCUT2D eigenvalue weighted by atomic mass is 35.5. The lowest BCUT2D eigenvalue weighted by atomic mass is 9.73. The number of carbonyl (C=O) groups excluding carboxylic acids is 2. The summed E-state index contributed by atoms with van der Waals surface area (Å²) in [5.41, 5.74) is 3.90. The van der Waals surface area contributed by atoms with E-state index in [1.807, 2.05) is 28.0 Å². The number of benzene rings is 2. The Morgan fingerprint density at radius 2 is 1.67 bits per heavy atom. The molecule has 2 saturated heterocycles. The molecule has 36 heavy (non-hydrogen) atoms. The zero-order valence-electron chi connectivity index (χ0n) is 21.3. The molecule has 0 saturated carbocycles. The quantitative estimate of drug-likeness (QED) is 0.597. The van der Waals surface area contributed by atoms with Crippen molar-refractivity contribution in [1.82, 2.24) is 14.7 Å². The highest BCUT2D eigenvalue weighted by molar-refractivity contribution is 6.30. The molecule has 1 atom stereocenters. The first-order valence-corrected chi connectivity index (χ1v) is 13.4. The summed E-state index contributed by atoms with van der Waals surface area (Å²) in [5, 5.41) is 0.757.